The van der Waals surface area contributed by atoms with Crippen molar-refractivity contribution in [3.8, 4) is 0 Å². The summed E-state index contributed by atoms with van der Waals surface area (Å²) in [6, 6.07) is 24.2. The fourth-order valence-corrected chi connectivity index (χ4v) is 4.39. The maximum absolute atomic E-state index is 13.7. The lowest BCUT2D eigenvalue weighted by atomic mass is 10.2. The number of rotatable bonds is 5. The third-order valence-electron chi connectivity index (χ3n) is 3.69. The first-order chi connectivity index (χ1) is 12.1. The van der Waals surface area contributed by atoms with Crippen LogP contribution in [0.25, 0.3) is 0 Å². The van der Waals surface area contributed by atoms with Crippen LogP contribution in [-0.2, 0) is 4.57 Å². The number of hydrogen-bond donors (Lipinski definition) is 0. The summed E-state index contributed by atoms with van der Waals surface area (Å²) in [5.74, 6) is 0. The lowest BCUT2D eigenvalue weighted by molar-refractivity contribution is -0.384. The van der Waals surface area contributed by atoms with Gasteiger partial charge in [-0.15, -0.1) is 0 Å². The molecule has 0 bridgehead atoms. The van der Waals surface area contributed by atoms with E-state index in [1.807, 2.05) is 36.4 Å². The molecule has 0 aromatic heterocycles. The van der Waals surface area contributed by atoms with Crippen LogP contribution in [-0.4, -0.2) is 11.1 Å². The first-order valence-corrected chi connectivity index (χ1v) is 9.27. The molecule has 3 rings (SSSR count). The van der Waals surface area contributed by atoms with Crippen LogP contribution in [0, 0.1) is 10.1 Å². The van der Waals surface area contributed by atoms with Crippen molar-refractivity contribution >= 4 is 29.8 Å². The van der Waals surface area contributed by atoms with E-state index in [1.165, 1.54) is 18.3 Å². The van der Waals surface area contributed by atoms with E-state index in [1.54, 1.807) is 36.4 Å². The lowest BCUT2D eigenvalue weighted by Crippen LogP contribution is -2.14. The van der Waals surface area contributed by atoms with Crippen LogP contribution < -0.4 is 10.6 Å². The smallest absolute Gasteiger partial charge is 0.269 e. The molecule has 0 amide bonds. The molecule has 0 aliphatic carbocycles. The average molecular weight is 350 g/mol. The second-order valence-electron chi connectivity index (χ2n) is 5.34. The van der Waals surface area contributed by atoms with Crippen molar-refractivity contribution in [3.05, 3.63) is 101 Å². The SMILES string of the molecule is O=[N+]([O-])c1ccc(/C=N/P(=O)(c2ccccc2)c2ccccc2)cc1. The molecule has 0 N–H and O–H groups in total. The highest BCUT2D eigenvalue weighted by molar-refractivity contribution is 7.77. The van der Waals surface area contributed by atoms with E-state index in [4.69, 9.17) is 0 Å². The molecule has 0 unspecified atom stereocenters. The van der Waals surface area contributed by atoms with Crippen LogP contribution in [0.2, 0.25) is 0 Å². The van der Waals surface area contributed by atoms with Crippen LogP contribution in [0.3, 0.4) is 0 Å². The second kappa shape index (κ2) is 7.24. The Morgan fingerprint density at radius 3 is 1.72 bits per heavy atom. The van der Waals surface area contributed by atoms with Crippen molar-refractivity contribution in [3.63, 3.8) is 0 Å². The third kappa shape index (κ3) is 3.73. The summed E-state index contributed by atoms with van der Waals surface area (Å²) >= 11 is 0. The zero-order valence-corrected chi connectivity index (χ0v) is 14.1. The van der Waals surface area contributed by atoms with Crippen LogP contribution in [0.15, 0.2) is 89.7 Å². The summed E-state index contributed by atoms with van der Waals surface area (Å²) in [4.78, 5) is 10.3. The summed E-state index contributed by atoms with van der Waals surface area (Å²) in [6.45, 7) is 0. The molecule has 0 fully saturated rings. The van der Waals surface area contributed by atoms with Gasteiger partial charge in [0.25, 0.3) is 5.69 Å². The molecule has 0 spiro atoms. The Bertz CT molecular complexity index is 896. The minimum absolute atomic E-state index is 0.00597. The van der Waals surface area contributed by atoms with Gasteiger partial charge in [0.1, 0.15) is 0 Å². The van der Waals surface area contributed by atoms with Crippen molar-refractivity contribution in [2.24, 2.45) is 4.76 Å². The van der Waals surface area contributed by atoms with E-state index in [0.717, 1.165) is 0 Å². The fourth-order valence-electron chi connectivity index (χ4n) is 2.37. The number of nitro benzene ring substituents is 1. The Balaban J connectivity index is 2.01. The van der Waals surface area contributed by atoms with Crippen molar-refractivity contribution in [1.82, 2.24) is 0 Å². The molecular weight excluding hydrogens is 335 g/mol. The van der Waals surface area contributed by atoms with Gasteiger partial charge >= 0.3 is 0 Å². The van der Waals surface area contributed by atoms with Gasteiger partial charge in [-0.3, -0.25) is 14.7 Å². The number of nitrogens with zero attached hydrogens (tertiary/aromatic N) is 2. The molecule has 0 saturated carbocycles. The lowest BCUT2D eigenvalue weighted by Gasteiger charge is -2.14. The summed E-state index contributed by atoms with van der Waals surface area (Å²) in [7, 11) is -3.18. The first-order valence-electron chi connectivity index (χ1n) is 7.61. The van der Waals surface area contributed by atoms with Crippen molar-refractivity contribution < 1.29 is 9.49 Å². The summed E-state index contributed by atoms with van der Waals surface area (Å²) in [5, 5.41) is 12.0. The summed E-state index contributed by atoms with van der Waals surface area (Å²) < 4.78 is 18.1. The molecule has 5 nitrogen and oxygen atoms in total. The van der Waals surface area contributed by atoms with Gasteiger partial charge in [-0.2, -0.15) is 0 Å². The number of non-ortho nitro benzene ring substituents is 1. The summed E-state index contributed by atoms with van der Waals surface area (Å²) in [6.07, 6.45) is 1.50. The first kappa shape index (κ1) is 16.8. The zero-order valence-electron chi connectivity index (χ0n) is 13.2. The molecular formula is C19H15N2O3P. The molecule has 0 aliphatic heterocycles. The van der Waals surface area contributed by atoms with E-state index in [-0.39, 0.29) is 5.69 Å². The van der Waals surface area contributed by atoms with Crippen molar-refractivity contribution in [2.75, 3.05) is 0 Å². The minimum atomic E-state index is -3.18. The molecule has 0 saturated heterocycles. The number of nitro groups is 1. The van der Waals surface area contributed by atoms with Gasteiger partial charge in [-0.05, 0) is 42.0 Å². The number of hydrogen-bond acceptors (Lipinski definition) is 3. The van der Waals surface area contributed by atoms with Gasteiger partial charge in [0.15, 0.2) is 0 Å². The third-order valence-corrected chi connectivity index (χ3v) is 6.12. The molecule has 0 aliphatic rings. The molecule has 124 valence electrons. The second-order valence-corrected chi connectivity index (χ2v) is 7.76. The van der Waals surface area contributed by atoms with Gasteiger partial charge in [-0.25, -0.2) is 4.76 Å². The summed E-state index contributed by atoms with van der Waals surface area (Å²) in [5.41, 5.74) is 0.657. The fraction of sp³-hybridized carbons (Fsp3) is 0. The van der Waals surface area contributed by atoms with Gasteiger partial charge in [0.2, 0.25) is 7.29 Å². The predicted molar refractivity (Wildman–Crippen MR) is 100 cm³/mol. The van der Waals surface area contributed by atoms with Crippen LogP contribution in [0.5, 0.6) is 0 Å². The van der Waals surface area contributed by atoms with E-state index in [0.29, 0.717) is 16.2 Å². The zero-order chi connectivity index (χ0) is 17.7. The molecule has 0 heterocycles. The van der Waals surface area contributed by atoms with Gasteiger partial charge in [-0.1, -0.05) is 36.4 Å². The topological polar surface area (TPSA) is 72.6 Å². The van der Waals surface area contributed by atoms with Gasteiger partial charge < -0.3 is 0 Å². The highest BCUT2D eigenvalue weighted by Gasteiger charge is 2.25. The maximum atomic E-state index is 13.7. The molecule has 25 heavy (non-hydrogen) atoms. The Morgan fingerprint density at radius 2 is 1.28 bits per heavy atom. The van der Waals surface area contributed by atoms with Crippen LogP contribution >= 0.6 is 7.29 Å². The highest BCUT2D eigenvalue weighted by Crippen LogP contribution is 2.44. The Hall–Kier alpha value is -3.04. The highest BCUT2D eigenvalue weighted by atomic mass is 31.2. The van der Waals surface area contributed by atoms with E-state index >= 15 is 0 Å². The average Bonchev–Trinajstić information content (AvgIpc) is 2.68. The molecule has 0 radical (unpaired) electrons. The Kier molecular flexibility index (Phi) is 4.87. The number of benzene rings is 3. The predicted octanol–water partition coefficient (Wildman–Crippen LogP) is 3.94. The molecule has 6 heteroatoms. The normalized spacial score (nSPS) is 11.5. The minimum Gasteiger partial charge on any atom is -0.288 e. The van der Waals surface area contributed by atoms with Crippen molar-refractivity contribution in [1.29, 1.82) is 0 Å². The quantitative estimate of drug-likeness (QED) is 0.303. The van der Waals surface area contributed by atoms with E-state index < -0.39 is 12.2 Å². The van der Waals surface area contributed by atoms with Gasteiger partial charge in [0.05, 0.1) is 4.92 Å². The molecule has 3 aromatic rings. The Morgan fingerprint density at radius 1 is 0.800 bits per heavy atom. The largest absolute Gasteiger partial charge is 0.288 e. The molecule has 3 aromatic carbocycles. The van der Waals surface area contributed by atoms with E-state index in [9.17, 15) is 14.7 Å². The van der Waals surface area contributed by atoms with Gasteiger partial charge in [0, 0.05) is 29.0 Å². The standard InChI is InChI=1S/C19H15N2O3P/c22-21(23)17-13-11-16(12-14-17)15-20-25(24,18-7-3-1-4-8-18)19-9-5-2-6-10-19/h1-15H/b20-15+. The maximum Gasteiger partial charge on any atom is 0.269 e. The van der Waals surface area contributed by atoms with Crippen LogP contribution in [0.4, 0.5) is 5.69 Å². The Labute approximate surface area is 145 Å². The van der Waals surface area contributed by atoms with Crippen LogP contribution in [0.1, 0.15) is 5.56 Å². The molecule has 0 atom stereocenters. The van der Waals surface area contributed by atoms with Crippen molar-refractivity contribution in [2.45, 2.75) is 0 Å². The monoisotopic (exact) mass is 350 g/mol. The van der Waals surface area contributed by atoms with E-state index in [2.05, 4.69) is 4.76 Å².